The molecule has 1 unspecified atom stereocenters. The van der Waals surface area contributed by atoms with Crippen LogP contribution >= 0.6 is 11.6 Å². The molecule has 4 heteroatoms. The van der Waals surface area contributed by atoms with Crippen LogP contribution in [0, 0.1) is 12.8 Å². The molecule has 1 N–H and O–H groups in total. The van der Waals surface area contributed by atoms with Crippen molar-refractivity contribution in [2.75, 3.05) is 6.61 Å². The van der Waals surface area contributed by atoms with E-state index < -0.39 is 0 Å². The van der Waals surface area contributed by atoms with Crippen molar-refractivity contribution in [1.82, 2.24) is 5.32 Å². The molecule has 0 aliphatic rings. The summed E-state index contributed by atoms with van der Waals surface area (Å²) in [7, 11) is 0. The van der Waals surface area contributed by atoms with E-state index in [1.54, 1.807) is 0 Å². The van der Waals surface area contributed by atoms with Gasteiger partial charge in [0, 0.05) is 11.1 Å². The van der Waals surface area contributed by atoms with Crippen LogP contribution in [0.4, 0.5) is 0 Å². The number of rotatable bonds is 6. The molecule has 0 aliphatic carbocycles. The number of nitrogens with one attached hydrogen (secondary N) is 1. The van der Waals surface area contributed by atoms with Gasteiger partial charge in [0.2, 0.25) is 0 Å². The smallest absolute Gasteiger partial charge is 0.258 e. The topological polar surface area (TPSA) is 38.3 Å². The number of hydrogen-bond acceptors (Lipinski definition) is 2. The molecule has 1 amide bonds. The van der Waals surface area contributed by atoms with E-state index in [4.69, 9.17) is 16.3 Å². The Morgan fingerprint density at radius 1 is 1.24 bits per heavy atom. The number of ether oxygens (including phenoxy) is 1. The van der Waals surface area contributed by atoms with Crippen molar-refractivity contribution >= 4 is 17.5 Å². The highest BCUT2D eigenvalue weighted by Gasteiger charge is 2.14. The normalized spacial score (nSPS) is 12.6. The standard InChI is InChI=1S/C17H26ClNO2/c1-10(2)13(6)19-17(20)9-21-16-7-12(5)15(18)8-14(16)11(3)4/h7-8,10-11,13H,9H2,1-6H3,(H,19,20). The fourth-order valence-electron chi connectivity index (χ4n) is 1.85. The monoisotopic (exact) mass is 311 g/mol. The maximum absolute atomic E-state index is 11.9. The van der Waals surface area contributed by atoms with E-state index >= 15 is 0 Å². The van der Waals surface area contributed by atoms with Gasteiger partial charge in [0.25, 0.3) is 5.91 Å². The minimum Gasteiger partial charge on any atom is -0.483 e. The Bertz CT molecular complexity index is 498. The first-order chi connectivity index (χ1) is 9.72. The lowest BCUT2D eigenvalue weighted by Crippen LogP contribution is -2.39. The van der Waals surface area contributed by atoms with Gasteiger partial charge >= 0.3 is 0 Å². The van der Waals surface area contributed by atoms with Crippen LogP contribution in [-0.2, 0) is 4.79 Å². The van der Waals surface area contributed by atoms with Crippen LogP contribution in [0.3, 0.4) is 0 Å². The lowest BCUT2D eigenvalue weighted by Gasteiger charge is -2.19. The van der Waals surface area contributed by atoms with Crippen molar-refractivity contribution in [1.29, 1.82) is 0 Å². The van der Waals surface area contributed by atoms with Crippen molar-refractivity contribution in [2.24, 2.45) is 5.92 Å². The maximum atomic E-state index is 11.9. The molecule has 0 radical (unpaired) electrons. The average Bonchev–Trinajstić information content (AvgIpc) is 2.39. The highest BCUT2D eigenvalue weighted by molar-refractivity contribution is 6.31. The van der Waals surface area contributed by atoms with Crippen molar-refractivity contribution in [3.05, 3.63) is 28.3 Å². The zero-order chi connectivity index (χ0) is 16.2. The Balaban J connectivity index is 2.75. The van der Waals surface area contributed by atoms with Crippen LogP contribution in [-0.4, -0.2) is 18.6 Å². The molecule has 0 aliphatic heterocycles. The third kappa shape index (κ3) is 5.24. The second kappa shape index (κ2) is 7.69. The fraction of sp³-hybridized carbons (Fsp3) is 0.588. The Kier molecular flexibility index (Phi) is 6.53. The maximum Gasteiger partial charge on any atom is 0.258 e. The highest BCUT2D eigenvalue weighted by atomic mass is 35.5. The fourth-order valence-corrected chi connectivity index (χ4v) is 2.02. The van der Waals surface area contributed by atoms with Crippen molar-refractivity contribution < 1.29 is 9.53 Å². The lowest BCUT2D eigenvalue weighted by molar-refractivity contribution is -0.124. The molecule has 0 saturated heterocycles. The molecule has 1 aromatic rings. The van der Waals surface area contributed by atoms with Crippen molar-refractivity contribution in [3.8, 4) is 5.75 Å². The van der Waals surface area contributed by atoms with Gasteiger partial charge in [-0.3, -0.25) is 4.79 Å². The number of aryl methyl sites for hydroxylation is 1. The first kappa shape index (κ1) is 17.8. The van der Waals surface area contributed by atoms with E-state index in [9.17, 15) is 4.79 Å². The molecule has 0 spiro atoms. The third-order valence-electron chi connectivity index (χ3n) is 3.66. The van der Waals surface area contributed by atoms with Gasteiger partial charge in [0.1, 0.15) is 5.75 Å². The Morgan fingerprint density at radius 2 is 1.86 bits per heavy atom. The van der Waals surface area contributed by atoms with Crippen molar-refractivity contribution in [2.45, 2.75) is 53.5 Å². The van der Waals surface area contributed by atoms with Gasteiger partial charge in [0.05, 0.1) is 0 Å². The summed E-state index contributed by atoms with van der Waals surface area (Å²) in [6.45, 7) is 12.3. The van der Waals surface area contributed by atoms with Crippen LogP contribution in [0.2, 0.25) is 5.02 Å². The summed E-state index contributed by atoms with van der Waals surface area (Å²) in [5.41, 5.74) is 1.97. The molecular formula is C17H26ClNO2. The van der Waals surface area contributed by atoms with E-state index in [1.807, 2.05) is 26.0 Å². The summed E-state index contributed by atoms with van der Waals surface area (Å²) in [4.78, 5) is 11.9. The van der Waals surface area contributed by atoms with Gasteiger partial charge in [-0.25, -0.2) is 0 Å². The van der Waals surface area contributed by atoms with Gasteiger partial charge in [-0.1, -0.05) is 39.3 Å². The van der Waals surface area contributed by atoms with E-state index in [2.05, 4.69) is 33.0 Å². The van der Waals surface area contributed by atoms with Crippen LogP contribution in [0.5, 0.6) is 5.75 Å². The molecule has 118 valence electrons. The van der Waals surface area contributed by atoms with Gasteiger partial charge in [-0.05, 0) is 48.9 Å². The quantitative estimate of drug-likeness (QED) is 0.850. The molecule has 0 bridgehead atoms. The van der Waals surface area contributed by atoms with E-state index in [0.717, 1.165) is 21.9 Å². The van der Waals surface area contributed by atoms with E-state index in [-0.39, 0.29) is 24.5 Å². The van der Waals surface area contributed by atoms with Gasteiger partial charge in [-0.2, -0.15) is 0 Å². The highest BCUT2D eigenvalue weighted by Crippen LogP contribution is 2.31. The summed E-state index contributed by atoms with van der Waals surface area (Å²) in [5.74, 6) is 1.33. The Labute approximate surface area is 133 Å². The molecule has 1 aromatic carbocycles. The predicted molar refractivity (Wildman–Crippen MR) is 88.2 cm³/mol. The zero-order valence-electron chi connectivity index (χ0n) is 13.8. The summed E-state index contributed by atoms with van der Waals surface area (Å²) in [6.07, 6.45) is 0. The molecule has 21 heavy (non-hydrogen) atoms. The predicted octanol–water partition coefficient (Wildman–Crippen LogP) is 4.31. The summed E-state index contributed by atoms with van der Waals surface area (Å²) >= 11 is 6.16. The molecule has 1 atom stereocenters. The van der Waals surface area contributed by atoms with E-state index in [1.165, 1.54) is 0 Å². The van der Waals surface area contributed by atoms with E-state index in [0.29, 0.717) is 5.92 Å². The molecule has 0 heterocycles. The largest absolute Gasteiger partial charge is 0.483 e. The SMILES string of the molecule is Cc1cc(OCC(=O)NC(C)C(C)C)c(C(C)C)cc1Cl. The van der Waals surface area contributed by atoms with Gasteiger partial charge < -0.3 is 10.1 Å². The first-order valence-corrected chi connectivity index (χ1v) is 7.82. The molecule has 0 fully saturated rings. The van der Waals surface area contributed by atoms with Gasteiger partial charge in [0.15, 0.2) is 6.61 Å². The molecule has 3 nitrogen and oxygen atoms in total. The minimum atomic E-state index is -0.0986. The van der Waals surface area contributed by atoms with Crippen LogP contribution in [0.1, 0.15) is 51.7 Å². The van der Waals surface area contributed by atoms with Crippen LogP contribution in [0.25, 0.3) is 0 Å². The Hall–Kier alpha value is -1.22. The number of carbonyl (C=O) groups is 1. The molecule has 0 saturated carbocycles. The number of halogens is 1. The van der Waals surface area contributed by atoms with Crippen LogP contribution < -0.4 is 10.1 Å². The summed E-state index contributed by atoms with van der Waals surface area (Å²) in [6, 6.07) is 3.96. The number of benzene rings is 1. The second-order valence-corrected chi connectivity index (χ2v) is 6.59. The summed E-state index contributed by atoms with van der Waals surface area (Å²) < 4.78 is 5.71. The number of hydrogen-bond donors (Lipinski definition) is 1. The zero-order valence-corrected chi connectivity index (χ0v) is 14.5. The Morgan fingerprint density at radius 3 is 2.38 bits per heavy atom. The molecule has 1 rings (SSSR count). The molecule has 0 aromatic heterocycles. The number of carbonyl (C=O) groups excluding carboxylic acids is 1. The average molecular weight is 312 g/mol. The second-order valence-electron chi connectivity index (χ2n) is 6.18. The van der Waals surface area contributed by atoms with Gasteiger partial charge in [-0.15, -0.1) is 0 Å². The van der Waals surface area contributed by atoms with Crippen LogP contribution in [0.15, 0.2) is 12.1 Å². The number of amides is 1. The molecular weight excluding hydrogens is 286 g/mol. The van der Waals surface area contributed by atoms with Crippen molar-refractivity contribution in [3.63, 3.8) is 0 Å². The summed E-state index contributed by atoms with van der Waals surface area (Å²) in [5, 5.41) is 3.66. The third-order valence-corrected chi connectivity index (χ3v) is 4.07. The first-order valence-electron chi connectivity index (χ1n) is 7.44. The lowest BCUT2D eigenvalue weighted by atomic mass is 10.0. The minimum absolute atomic E-state index is 0.0256.